The van der Waals surface area contributed by atoms with Crippen molar-refractivity contribution in [2.45, 2.75) is 65.0 Å². The highest BCUT2D eigenvalue weighted by atomic mass is 28.4. The molecule has 0 aliphatic heterocycles. The average Bonchev–Trinajstić information content (AvgIpc) is 2.17. The summed E-state index contributed by atoms with van der Waals surface area (Å²) in [7, 11) is -2.99. The van der Waals surface area contributed by atoms with E-state index in [4.69, 9.17) is 9.05 Å². The maximum absolute atomic E-state index is 5.38. The van der Waals surface area contributed by atoms with E-state index in [1.807, 2.05) is 12.4 Å². The van der Waals surface area contributed by atoms with Crippen molar-refractivity contribution in [3.63, 3.8) is 0 Å². The Morgan fingerprint density at radius 1 is 0.722 bits per heavy atom. The van der Waals surface area contributed by atoms with Gasteiger partial charge in [0.2, 0.25) is 0 Å². The molecule has 6 heteroatoms. The van der Waals surface area contributed by atoms with Crippen molar-refractivity contribution in [1.82, 2.24) is 0 Å². The van der Waals surface area contributed by atoms with Gasteiger partial charge in [0.1, 0.15) is 0 Å². The lowest BCUT2D eigenvalue weighted by Gasteiger charge is -2.12. The van der Waals surface area contributed by atoms with Gasteiger partial charge < -0.3 is 9.05 Å². The lowest BCUT2D eigenvalue weighted by atomic mass is 10.2. The van der Waals surface area contributed by atoms with E-state index in [9.17, 15) is 0 Å². The molecule has 0 aliphatic rings. The fourth-order valence-corrected chi connectivity index (χ4v) is 1.75. The van der Waals surface area contributed by atoms with Crippen molar-refractivity contribution in [3.8, 4) is 0 Å². The molecule has 4 nitrogen and oxygen atoms in total. The molecule has 0 aromatic carbocycles. The molecule has 0 unspecified atom stereocenters. The summed E-state index contributed by atoms with van der Waals surface area (Å²) in [5.74, 6) is 0. The van der Waals surface area contributed by atoms with Crippen LogP contribution in [0.4, 0.5) is 0 Å². The maximum Gasteiger partial charge on any atom is 0.278 e. The minimum absolute atomic E-state index is 0.965. The molecule has 0 rings (SSSR count). The van der Waals surface area contributed by atoms with Gasteiger partial charge >= 0.3 is 0 Å². The first-order valence-electron chi connectivity index (χ1n) is 6.61. The van der Waals surface area contributed by atoms with Crippen LogP contribution in [-0.4, -0.2) is 29.1 Å². The fraction of sp³-hybridized carbons (Fsp3) is 0.833. The van der Waals surface area contributed by atoms with Gasteiger partial charge in [-0.25, -0.2) is 0 Å². The third-order valence-electron chi connectivity index (χ3n) is 1.72. The zero-order valence-corrected chi connectivity index (χ0v) is 14.7. The summed E-state index contributed by atoms with van der Waals surface area (Å²) in [4.78, 5) is 0. The van der Waals surface area contributed by atoms with Gasteiger partial charge in [-0.15, -0.1) is 10.3 Å². The van der Waals surface area contributed by atoms with E-state index in [0.717, 1.165) is 25.7 Å². The van der Waals surface area contributed by atoms with Crippen molar-refractivity contribution < 1.29 is 9.05 Å². The van der Waals surface area contributed by atoms with Gasteiger partial charge in [-0.05, 0) is 65.0 Å². The van der Waals surface area contributed by atoms with Gasteiger partial charge in [0.05, 0.1) is 0 Å². The average molecular weight is 289 g/mol. The first-order valence-corrected chi connectivity index (χ1v) is 13.4. The van der Waals surface area contributed by atoms with Gasteiger partial charge in [-0.1, -0.05) is 0 Å². The monoisotopic (exact) mass is 288 g/mol. The maximum atomic E-state index is 5.38. The highest BCUT2D eigenvalue weighted by molar-refractivity contribution is 6.70. The van der Waals surface area contributed by atoms with Gasteiger partial charge in [-0.2, -0.15) is 0 Å². The summed E-state index contributed by atoms with van der Waals surface area (Å²) in [5, 5.41) is 7.99. The van der Waals surface area contributed by atoms with E-state index >= 15 is 0 Å². The predicted octanol–water partition coefficient (Wildman–Crippen LogP) is 4.22. The van der Waals surface area contributed by atoms with E-state index < -0.39 is 16.6 Å². The van der Waals surface area contributed by atoms with Gasteiger partial charge in [0, 0.05) is 12.4 Å². The lowest BCUT2D eigenvalue weighted by Crippen LogP contribution is -2.22. The second kappa shape index (κ2) is 8.47. The Labute approximate surface area is 114 Å². The van der Waals surface area contributed by atoms with E-state index in [1.54, 1.807) is 0 Å². The number of nitrogens with zero attached hydrogens (tertiary/aromatic N) is 2. The molecule has 0 saturated carbocycles. The zero-order valence-electron chi connectivity index (χ0n) is 12.7. The van der Waals surface area contributed by atoms with Gasteiger partial charge in [0.15, 0.2) is 0 Å². The topological polar surface area (TPSA) is 43.2 Å². The fourth-order valence-electron chi connectivity index (χ4n) is 0.967. The standard InChI is InChI=1S/C12H28N2O2Si2/c1-17(2,3)15-13-11-9-7-8-10-12-14-16-18(4,5)6/h11-12H,7-10H2,1-6H3. The van der Waals surface area contributed by atoms with E-state index in [0.29, 0.717) is 0 Å². The highest BCUT2D eigenvalue weighted by Gasteiger charge is 2.15. The minimum Gasteiger partial charge on any atom is -0.456 e. The van der Waals surface area contributed by atoms with Crippen LogP contribution in [0.15, 0.2) is 10.3 Å². The smallest absolute Gasteiger partial charge is 0.278 e. The van der Waals surface area contributed by atoms with E-state index in [1.165, 1.54) is 0 Å². The number of unbranched alkanes of at least 4 members (excludes halogenated alkanes) is 3. The third kappa shape index (κ3) is 15.4. The molecule has 0 bridgehead atoms. The molecule has 0 atom stereocenters. The molecule has 0 radical (unpaired) electrons. The Hall–Kier alpha value is -0.626. The Kier molecular flexibility index (Phi) is 8.18. The molecule has 0 aromatic heterocycles. The van der Waals surface area contributed by atoms with Gasteiger partial charge in [0.25, 0.3) is 16.6 Å². The van der Waals surface area contributed by atoms with Crippen LogP contribution >= 0.6 is 0 Å². The molecular weight excluding hydrogens is 260 g/mol. The van der Waals surface area contributed by atoms with Crippen LogP contribution in [0, 0.1) is 0 Å². The highest BCUT2D eigenvalue weighted by Crippen LogP contribution is 2.04. The third-order valence-corrected chi connectivity index (χ3v) is 3.02. The summed E-state index contributed by atoms with van der Waals surface area (Å²) < 4.78 is 10.8. The molecule has 106 valence electrons. The second-order valence-electron chi connectivity index (χ2n) is 6.27. The number of hydrogen-bond donors (Lipinski definition) is 0. The molecule has 0 fully saturated rings. The molecule has 0 saturated heterocycles. The summed E-state index contributed by atoms with van der Waals surface area (Å²) in [6, 6.07) is 0. The summed E-state index contributed by atoms with van der Waals surface area (Å²) in [6.45, 7) is 12.7. The molecule has 18 heavy (non-hydrogen) atoms. The molecule has 0 aromatic rings. The number of oxime groups is 2. The van der Waals surface area contributed by atoms with Crippen LogP contribution in [-0.2, 0) is 9.05 Å². The normalized spacial score (nSPS) is 13.4. The quantitative estimate of drug-likeness (QED) is 0.276. The summed E-state index contributed by atoms with van der Waals surface area (Å²) in [5.41, 5.74) is 0. The Morgan fingerprint density at radius 2 is 1.06 bits per heavy atom. The van der Waals surface area contributed by atoms with Crippen molar-refractivity contribution in [2.24, 2.45) is 10.3 Å². The van der Waals surface area contributed by atoms with Crippen molar-refractivity contribution >= 4 is 29.1 Å². The predicted molar refractivity (Wildman–Crippen MR) is 84.3 cm³/mol. The van der Waals surface area contributed by atoms with Crippen LogP contribution in [0.5, 0.6) is 0 Å². The molecule has 0 heterocycles. The number of hydrogen-bond acceptors (Lipinski definition) is 4. The summed E-state index contributed by atoms with van der Waals surface area (Å²) in [6.07, 6.45) is 7.89. The van der Waals surface area contributed by atoms with Crippen molar-refractivity contribution in [3.05, 3.63) is 0 Å². The summed E-state index contributed by atoms with van der Waals surface area (Å²) >= 11 is 0. The van der Waals surface area contributed by atoms with E-state index in [-0.39, 0.29) is 0 Å². The van der Waals surface area contributed by atoms with Crippen molar-refractivity contribution in [1.29, 1.82) is 0 Å². The second-order valence-corrected chi connectivity index (χ2v) is 15.1. The van der Waals surface area contributed by atoms with Crippen LogP contribution in [0.2, 0.25) is 39.3 Å². The molecule has 0 spiro atoms. The van der Waals surface area contributed by atoms with Crippen molar-refractivity contribution in [2.75, 3.05) is 0 Å². The Morgan fingerprint density at radius 3 is 1.33 bits per heavy atom. The molecular formula is C12H28N2O2Si2. The first kappa shape index (κ1) is 17.4. The van der Waals surface area contributed by atoms with E-state index in [2.05, 4.69) is 49.6 Å². The minimum atomic E-state index is -1.49. The number of rotatable bonds is 9. The molecule has 0 amide bonds. The van der Waals surface area contributed by atoms with Crippen LogP contribution in [0.25, 0.3) is 0 Å². The Bertz CT molecular complexity index is 240. The van der Waals surface area contributed by atoms with Crippen LogP contribution < -0.4 is 0 Å². The molecule has 0 aliphatic carbocycles. The SMILES string of the molecule is C[Si](C)(C)ON=CCCCCC=NO[Si](C)(C)C. The first-order chi connectivity index (χ1) is 8.21. The Balaban J connectivity index is 3.42. The lowest BCUT2D eigenvalue weighted by molar-refractivity contribution is 0.335. The van der Waals surface area contributed by atoms with Crippen LogP contribution in [0.3, 0.4) is 0 Å². The molecule has 0 N–H and O–H groups in total. The van der Waals surface area contributed by atoms with Gasteiger partial charge in [-0.3, -0.25) is 0 Å². The zero-order chi connectivity index (χ0) is 14.1. The van der Waals surface area contributed by atoms with Crippen LogP contribution in [0.1, 0.15) is 25.7 Å². The largest absolute Gasteiger partial charge is 0.456 e.